The summed E-state index contributed by atoms with van der Waals surface area (Å²) in [5.41, 5.74) is 3.79. The van der Waals surface area contributed by atoms with Crippen molar-refractivity contribution in [2.24, 2.45) is 0 Å². The van der Waals surface area contributed by atoms with Gasteiger partial charge in [0.25, 0.3) is 0 Å². The number of aromatic nitrogens is 1. The third-order valence-electron chi connectivity index (χ3n) is 3.22. The number of pyridine rings is 1. The maximum absolute atomic E-state index is 5.72. The third-order valence-corrected chi connectivity index (χ3v) is 3.22. The summed E-state index contributed by atoms with van der Waals surface area (Å²) >= 11 is 0. The highest BCUT2D eigenvalue weighted by molar-refractivity contribution is 5.30. The number of benzene rings is 1. The minimum Gasteiger partial charge on any atom is -0.359 e. The summed E-state index contributed by atoms with van der Waals surface area (Å²) < 4.78 is 5.72. The first-order valence-electron chi connectivity index (χ1n) is 6.02. The molecule has 1 aromatic heterocycles. The molecule has 2 nitrogen and oxygen atoms in total. The Hall–Kier alpha value is -1.67. The molecule has 1 saturated heterocycles. The van der Waals surface area contributed by atoms with E-state index in [1.54, 1.807) is 6.20 Å². The Balaban J connectivity index is 1.76. The standard InChI is InChI=1S/C15H15NO/c1-2-11-5-7-12(8-6-11)14-15(17-14)13-4-3-9-16-10-13/h3-10,14-15H,2H2,1H3/t14-,15+/m1/s1. The van der Waals surface area contributed by atoms with Crippen LogP contribution < -0.4 is 0 Å². The van der Waals surface area contributed by atoms with Gasteiger partial charge in [-0.05, 0) is 23.6 Å². The fourth-order valence-corrected chi connectivity index (χ4v) is 2.11. The predicted molar refractivity (Wildman–Crippen MR) is 66.6 cm³/mol. The topological polar surface area (TPSA) is 25.4 Å². The molecule has 86 valence electrons. The Morgan fingerprint density at radius 1 is 1.06 bits per heavy atom. The lowest BCUT2D eigenvalue weighted by molar-refractivity contribution is 0.377. The highest BCUT2D eigenvalue weighted by atomic mass is 16.6. The Kier molecular flexibility index (Phi) is 2.65. The van der Waals surface area contributed by atoms with Gasteiger partial charge in [0.05, 0.1) is 0 Å². The molecule has 1 aliphatic heterocycles. The normalized spacial score (nSPS) is 22.4. The van der Waals surface area contributed by atoms with E-state index in [0.717, 1.165) is 12.0 Å². The molecule has 0 spiro atoms. The van der Waals surface area contributed by atoms with Gasteiger partial charge in [-0.15, -0.1) is 0 Å². The minimum absolute atomic E-state index is 0.191. The summed E-state index contributed by atoms with van der Waals surface area (Å²) in [6, 6.07) is 12.7. The van der Waals surface area contributed by atoms with Crippen LogP contribution in [0.5, 0.6) is 0 Å². The van der Waals surface area contributed by atoms with Crippen molar-refractivity contribution in [3.8, 4) is 0 Å². The van der Waals surface area contributed by atoms with Crippen molar-refractivity contribution in [1.29, 1.82) is 0 Å². The van der Waals surface area contributed by atoms with Crippen LogP contribution in [0.15, 0.2) is 48.8 Å². The number of rotatable bonds is 3. The van der Waals surface area contributed by atoms with E-state index in [-0.39, 0.29) is 12.2 Å². The molecule has 17 heavy (non-hydrogen) atoms. The number of ether oxygens (including phenoxy) is 1. The van der Waals surface area contributed by atoms with Gasteiger partial charge in [0, 0.05) is 18.0 Å². The summed E-state index contributed by atoms with van der Waals surface area (Å²) in [5.74, 6) is 0. The zero-order valence-electron chi connectivity index (χ0n) is 9.84. The molecule has 0 saturated carbocycles. The van der Waals surface area contributed by atoms with Gasteiger partial charge in [-0.3, -0.25) is 4.98 Å². The van der Waals surface area contributed by atoms with Gasteiger partial charge in [0.2, 0.25) is 0 Å². The Morgan fingerprint density at radius 2 is 1.82 bits per heavy atom. The summed E-state index contributed by atoms with van der Waals surface area (Å²) in [5, 5.41) is 0. The molecule has 0 amide bonds. The fraction of sp³-hybridized carbons (Fsp3) is 0.267. The van der Waals surface area contributed by atoms with E-state index in [4.69, 9.17) is 4.74 Å². The molecule has 1 fully saturated rings. The molecule has 2 heterocycles. The summed E-state index contributed by atoms with van der Waals surface area (Å²) in [6.07, 6.45) is 5.15. The van der Waals surface area contributed by atoms with Crippen molar-refractivity contribution < 1.29 is 4.74 Å². The van der Waals surface area contributed by atoms with Gasteiger partial charge in [0.1, 0.15) is 12.2 Å². The maximum atomic E-state index is 5.72. The van der Waals surface area contributed by atoms with Crippen LogP contribution in [0.25, 0.3) is 0 Å². The minimum atomic E-state index is 0.191. The summed E-state index contributed by atoms with van der Waals surface area (Å²) in [4.78, 5) is 4.12. The van der Waals surface area contributed by atoms with Gasteiger partial charge < -0.3 is 4.74 Å². The second-order valence-corrected chi connectivity index (χ2v) is 4.36. The summed E-state index contributed by atoms with van der Waals surface area (Å²) in [6.45, 7) is 2.17. The van der Waals surface area contributed by atoms with E-state index < -0.39 is 0 Å². The molecule has 0 radical (unpaired) electrons. The van der Waals surface area contributed by atoms with E-state index >= 15 is 0 Å². The van der Waals surface area contributed by atoms with Crippen LogP contribution in [-0.4, -0.2) is 4.98 Å². The highest BCUT2D eigenvalue weighted by Crippen LogP contribution is 2.50. The van der Waals surface area contributed by atoms with Crippen LogP contribution >= 0.6 is 0 Å². The molecule has 0 bridgehead atoms. The smallest absolute Gasteiger partial charge is 0.115 e. The average molecular weight is 225 g/mol. The average Bonchev–Trinajstić information content (AvgIpc) is 3.20. The SMILES string of the molecule is CCc1ccc([C@H]2O[C@H]2c2cccnc2)cc1. The lowest BCUT2D eigenvalue weighted by atomic mass is 10.0. The van der Waals surface area contributed by atoms with Gasteiger partial charge >= 0.3 is 0 Å². The zero-order valence-corrected chi connectivity index (χ0v) is 9.84. The monoisotopic (exact) mass is 225 g/mol. The molecule has 0 N–H and O–H groups in total. The molecule has 2 heteroatoms. The van der Waals surface area contributed by atoms with E-state index in [9.17, 15) is 0 Å². The molecular weight excluding hydrogens is 210 g/mol. The Bertz CT molecular complexity index is 492. The van der Waals surface area contributed by atoms with Crippen molar-refractivity contribution in [1.82, 2.24) is 4.98 Å². The quantitative estimate of drug-likeness (QED) is 0.747. The molecule has 2 atom stereocenters. The van der Waals surface area contributed by atoms with Crippen LogP contribution in [0.1, 0.15) is 35.8 Å². The van der Waals surface area contributed by atoms with Crippen molar-refractivity contribution in [3.05, 3.63) is 65.5 Å². The van der Waals surface area contributed by atoms with Gasteiger partial charge in [0.15, 0.2) is 0 Å². The van der Waals surface area contributed by atoms with Gasteiger partial charge in [-0.25, -0.2) is 0 Å². The Labute approximate surface area is 101 Å². The fourth-order valence-electron chi connectivity index (χ4n) is 2.11. The predicted octanol–water partition coefficient (Wildman–Crippen LogP) is 3.46. The first-order chi connectivity index (χ1) is 8.38. The number of aryl methyl sites for hydroxylation is 1. The van der Waals surface area contributed by atoms with Crippen LogP contribution in [0.3, 0.4) is 0 Å². The largest absolute Gasteiger partial charge is 0.359 e. The van der Waals surface area contributed by atoms with E-state index in [1.807, 2.05) is 12.3 Å². The van der Waals surface area contributed by atoms with Gasteiger partial charge in [-0.1, -0.05) is 37.3 Å². The van der Waals surface area contributed by atoms with E-state index in [0.29, 0.717) is 0 Å². The van der Waals surface area contributed by atoms with Crippen LogP contribution in [0, 0.1) is 0 Å². The molecule has 2 aromatic rings. The first-order valence-corrected chi connectivity index (χ1v) is 6.02. The van der Waals surface area contributed by atoms with E-state index in [2.05, 4.69) is 42.2 Å². The lowest BCUT2D eigenvalue weighted by Crippen LogP contribution is -1.86. The number of hydrogen-bond acceptors (Lipinski definition) is 2. The molecule has 1 aromatic carbocycles. The molecule has 1 aliphatic rings. The van der Waals surface area contributed by atoms with Crippen LogP contribution in [0.4, 0.5) is 0 Å². The van der Waals surface area contributed by atoms with Gasteiger partial charge in [-0.2, -0.15) is 0 Å². The lowest BCUT2D eigenvalue weighted by Gasteiger charge is -1.99. The van der Waals surface area contributed by atoms with Crippen molar-refractivity contribution in [2.75, 3.05) is 0 Å². The highest BCUT2D eigenvalue weighted by Gasteiger charge is 2.41. The van der Waals surface area contributed by atoms with Crippen LogP contribution in [0.2, 0.25) is 0 Å². The zero-order chi connectivity index (χ0) is 11.7. The molecule has 3 rings (SSSR count). The molecular formula is C15H15NO. The Morgan fingerprint density at radius 3 is 2.47 bits per heavy atom. The third kappa shape index (κ3) is 2.08. The van der Waals surface area contributed by atoms with Crippen molar-refractivity contribution in [2.45, 2.75) is 25.6 Å². The molecule has 0 aliphatic carbocycles. The number of hydrogen-bond donors (Lipinski definition) is 0. The number of nitrogens with zero attached hydrogens (tertiary/aromatic N) is 1. The van der Waals surface area contributed by atoms with Crippen molar-refractivity contribution in [3.63, 3.8) is 0 Å². The van der Waals surface area contributed by atoms with E-state index in [1.165, 1.54) is 11.1 Å². The molecule has 0 unspecified atom stereocenters. The second-order valence-electron chi connectivity index (χ2n) is 4.36. The maximum Gasteiger partial charge on any atom is 0.115 e. The second kappa shape index (κ2) is 4.30. The van der Waals surface area contributed by atoms with Crippen molar-refractivity contribution >= 4 is 0 Å². The first kappa shape index (κ1) is 10.5. The summed E-state index contributed by atoms with van der Waals surface area (Å²) in [7, 11) is 0. The van der Waals surface area contributed by atoms with Crippen LogP contribution in [-0.2, 0) is 11.2 Å². The number of epoxide rings is 1.